The van der Waals surface area contributed by atoms with E-state index in [0.29, 0.717) is 6.04 Å². The maximum atomic E-state index is 5.82. The lowest BCUT2D eigenvalue weighted by Crippen LogP contribution is -2.42. The molecule has 17 heavy (non-hydrogen) atoms. The molecule has 1 aromatic rings. The zero-order chi connectivity index (χ0) is 12.1. The molecule has 1 saturated heterocycles. The van der Waals surface area contributed by atoms with Gasteiger partial charge in [0.1, 0.15) is 5.75 Å². The van der Waals surface area contributed by atoms with Crippen LogP contribution in [-0.2, 0) is 4.74 Å². The summed E-state index contributed by atoms with van der Waals surface area (Å²) in [7, 11) is 0. The molecule has 94 valence electrons. The number of hydrogen-bond donors (Lipinski definition) is 1. The van der Waals surface area contributed by atoms with Gasteiger partial charge in [-0.1, -0.05) is 12.1 Å². The van der Waals surface area contributed by atoms with Gasteiger partial charge in [0, 0.05) is 12.6 Å². The normalized spacial score (nSPS) is 20.2. The molecule has 1 aromatic carbocycles. The summed E-state index contributed by atoms with van der Waals surface area (Å²) < 4.78 is 11.2. The molecule has 0 spiro atoms. The van der Waals surface area contributed by atoms with E-state index in [-0.39, 0.29) is 0 Å². The third-order valence-electron chi connectivity index (χ3n) is 3.28. The van der Waals surface area contributed by atoms with Gasteiger partial charge in [-0.15, -0.1) is 0 Å². The van der Waals surface area contributed by atoms with Gasteiger partial charge >= 0.3 is 0 Å². The molecule has 0 amide bonds. The van der Waals surface area contributed by atoms with Crippen molar-refractivity contribution in [3.63, 3.8) is 0 Å². The van der Waals surface area contributed by atoms with Crippen molar-refractivity contribution < 1.29 is 9.47 Å². The third-order valence-corrected chi connectivity index (χ3v) is 3.28. The Balaban J connectivity index is 1.79. The van der Waals surface area contributed by atoms with Crippen molar-refractivity contribution in [2.75, 3.05) is 26.4 Å². The van der Waals surface area contributed by atoms with Crippen molar-refractivity contribution >= 4 is 0 Å². The highest BCUT2D eigenvalue weighted by molar-refractivity contribution is 5.38. The first-order chi connectivity index (χ1) is 8.27. The van der Waals surface area contributed by atoms with E-state index in [9.17, 15) is 0 Å². The van der Waals surface area contributed by atoms with Crippen molar-refractivity contribution in [3.05, 3.63) is 29.3 Å². The standard InChI is InChI=1S/C14H21NO2/c1-11-4-3-5-14(12(11)2)17-8-6-13-10-16-9-7-15-13/h3-5,13,15H,6-10H2,1-2H3. The number of ether oxygens (including phenoxy) is 2. The van der Waals surface area contributed by atoms with E-state index in [1.807, 2.05) is 12.1 Å². The SMILES string of the molecule is Cc1cccc(OCCC2COCCN2)c1C. The summed E-state index contributed by atoms with van der Waals surface area (Å²) in [6.07, 6.45) is 0.993. The molecule has 3 nitrogen and oxygen atoms in total. The molecule has 2 rings (SSSR count). The molecule has 1 unspecified atom stereocenters. The summed E-state index contributed by atoms with van der Waals surface area (Å²) in [5, 5.41) is 3.43. The van der Waals surface area contributed by atoms with E-state index in [1.54, 1.807) is 0 Å². The Kier molecular flexibility index (Phi) is 4.40. The van der Waals surface area contributed by atoms with Crippen molar-refractivity contribution in [1.82, 2.24) is 5.32 Å². The van der Waals surface area contributed by atoms with Crippen LogP contribution in [-0.4, -0.2) is 32.4 Å². The van der Waals surface area contributed by atoms with Crippen molar-refractivity contribution in [1.29, 1.82) is 0 Å². The van der Waals surface area contributed by atoms with E-state index in [4.69, 9.17) is 9.47 Å². The summed E-state index contributed by atoms with van der Waals surface area (Å²) in [4.78, 5) is 0. The average molecular weight is 235 g/mol. The van der Waals surface area contributed by atoms with Crippen molar-refractivity contribution in [2.24, 2.45) is 0 Å². The first-order valence-corrected chi connectivity index (χ1v) is 6.27. The van der Waals surface area contributed by atoms with E-state index in [0.717, 1.165) is 38.5 Å². The first kappa shape index (κ1) is 12.4. The second-order valence-electron chi connectivity index (χ2n) is 4.56. The van der Waals surface area contributed by atoms with Gasteiger partial charge in [0.25, 0.3) is 0 Å². The van der Waals surface area contributed by atoms with Crippen LogP contribution in [0.25, 0.3) is 0 Å². The summed E-state index contributed by atoms with van der Waals surface area (Å²) in [5.41, 5.74) is 2.52. The molecule has 1 aliphatic heterocycles. The molecule has 0 bridgehead atoms. The lowest BCUT2D eigenvalue weighted by molar-refractivity contribution is 0.0691. The van der Waals surface area contributed by atoms with Gasteiger partial charge in [-0.2, -0.15) is 0 Å². The van der Waals surface area contributed by atoms with E-state index in [2.05, 4.69) is 25.2 Å². The lowest BCUT2D eigenvalue weighted by Gasteiger charge is -2.23. The second kappa shape index (κ2) is 6.03. The molecule has 1 heterocycles. The zero-order valence-electron chi connectivity index (χ0n) is 10.7. The Hall–Kier alpha value is -1.06. The molecule has 0 saturated carbocycles. The Bertz CT molecular complexity index is 359. The van der Waals surface area contributed by atoms with Crippen molar-refractivity contribution in [3.8, 4) is 5.75 Å². The fourth-order valence-electron chi connectivity index (χ4n) is 2.00. The van der Waals surface area contributed by atoms with Crippen molar-refractivity contribution in [2.45, 2.75) is 26.3 Å². The summed E-state index contributed by atoms with van der Waals surface area (Å²) in [6, 6.07) is 6.62. The molecular weight excluding hydrogens is 214 g/mol. The van der Waals surface area contributed by atoms with E-state index < -0.39 is 0 Å². The van der Waals surface area contributed by atoms with Gasteiger partial charge in [-0.3, -0.25) is 0 Å². The minimum Gasteiger partial charge on any atom is -0.493 e. The highest BCUT2D eigenvalue weighted by Crippen LogP contribution is 2.20. The number of benzene rings is 1. The maximum Gasteiger partial charge on any atom is 0.122 e. The summed E-state index contributed by atoms with van der Waals surface area (Å²) in [5.74, 6) is 1.00. The highest BCUT2D eigenvalue weighted by Gasteiger charge is 2.12. The number of rotatable bonds is 4. The largest absolute Gasteiger partial charge is 0.493 e. The van der Waals surface area contributed by atoms with Crippen LogP contribution in [0.1, 0.15) is 17.5 Å². The second-order valence-corrected chi connectivity index (χ2v) is 4.56. The molecule has 1 fully saturated rings. The molecular formula is C14H21NO2. The maximum absolute atomic E-state index is 5.82. The molecule has 1 N–H and O–H groups in total. The fourth-order valence-corrected chi connectivity index (χ4v) is 2.00. The predicted molar refractivity (Wildman–Crippen MR) is 68.6 cm³/mol. The van der Waals surface area contributed by atoms with E-state index >= 15 is 0 Å². The number of morpholine rings is 1. The number of aryl methyl sites for hydroxylation is 1. The minimum absolute atomic E-state index is 0.439. The Morgan fingerprint density at radius 1 is 1.41 bits per heavy atom. The molecule has 3 heteroatoms. The number of nitrogens with one attached hydrogen (secondary N) is 1. The van der Waals surface area contributed by atoms with Gasteiger partial charge in [0.05, 0.1) is 19.8 Å². The number of hydrogen-bond acceptors (Lipinski definition) is 3. The monoisotopic (exact) mass is 235 g/mol. The smallest absolute Gasteiger partial charge is 0.122 e. The van der Waals surface area contributed by atoms with Crippen LogP contribution in [0.15, 0.2) is 18.2 Å². The third kappa shape index (κ3) is 3.45. The van der Waals surface area contributed by atoms with Crippen LogP contribution in [0.5, 0.6) is 5.75 Å². The predicted octanol–water partition coefficient (Wildman–Crippen LogP) is 2.06. The highest BCUT2D eigenvalue weighted by atomic mass is 16.5. The van der Waals surface area contributed by atoms with Crippen LogP contribution >= 0.6 is 0 Å². The minimum atomic E-state index is 0.439. The van der Waals surface area contributed by atoms with Gasteiger partial charge in [-0.25, -0.2) is 0 Å². The van der Waals surface area contributed by atoms with Crippen LogP contribution < -0.4 is 10.1 Å². The van der Waals surface area contributed by atoms with Gasteiger partial charge in [0.2, 0.25) is 0 Å². The first-order valence-electron chi connectivity index (χ1n) is 6.27. The van der Waals surface area contributed by atoms with Crippen LogP contribution in [0.4, 0.5) is 0 Å². The van der Waals surface area contributed by atoms with E-state index in [1.165, 1.54) is 11.1 Å². The van der Waals surface area contributed by atoms with Gasteiger partial charge in [-0.05, 0) is 37.5 Å². The topological polar surface area (TPSA) is 30.5 Å². The molecule has 1 aliphatic rings. The Morgan fingerprint density at radius 3 is 3.06 bits per heavy atom. The quantitative estimate of drug-likeness (QED) is 0.866. The summed E-state index contributed by atoms with van der Waals surface area (Å²) >= 11 is 0. The summed E-state index contributed by atoms with van der Waals surface area (Å²) in [6.45, 7) is 7.54. The van der Waals surface area contributed by atoms with Crippen LogP contribution in [0, 0.1) is 13.8 Å². The fraction of sp³-hybridized carbons (Fsp3) is 0.571. The molecule has 1 atom stereocenters. The van der Waals surface area contributed by atoms with Crippen LogP contribution in [0.3, 0.4) is 0 Å². The Morgan fingerprint density at radius 2 is 2.29 bits per heavy atom. The van der Waals surface area contributed by atoms with Gasteiger partial charge < -0.3 is 14.8 Å². The molecule has 0 aromatic heterocycles. The zero-order valence-corrected chi connectivity index (χ0v) is 10.7. The molecule has 0 aliphatic carbocycles. The average Bonchev–Trinajstić information content (AvgIpc) is 2.36. The van der Waals surface area contributed by atoms with Crippen LogP contribution in [0.2, 0.25) is 0 Å². The molecule has 0 radical (unpaired) electrons. The Labute approximate surface area is 103 Å². The van der Waals surface area contributed by atoms with Gasteiger partial charge in [0.15, 0.2) is 0 Å². The lowest BCUT2D eigenvalue weighted by atomic mass is 10.1.